The van der Waals surface area contributed by atoms with Crippen LogP contribution in [-0.2, 0) is 10.4 Å². The van der Waals surface area contributed by atoms with Crippen molar-refractivity contribution in [2.24, 2.45) is 0 Å². The molecule has 11 nitrogen and oxygen atoms in total. The van der Waals surface area contributed by atoms with Gasteiger partial charge >= 0.3 is 114 Å². The first-order valence-corrected chi connectivity index (χ1v) is 2.10. The Morgan fingerprint density at radius 1 is 0.667 bits per heavy atom. The predicted molar refractivity (Wildman–Crippen MR) is 62.3 cm³/mol. The van der Waals surface area contributed by atoms with E-state index in [0.717, 1.165) is 0 Å². The first-order chi connectivity index (χ1) is 2.00. The fraction of sp³-hybridized carbons (Fsp3) is 0. The summed E-state index contributed by atoms with van der Waals surface area (Å²) in [6, 6.07) is 0. The van der Waals surface area contributed by atoms with Gasteiger partial charge < -0.3 is 38.3 Å². The summed E-state index contributed by atoms with van der Waals surface area (Å²) in [5.41, 5.74) is 0. The van der Waals surface area contributed by atoms with Crippen molar-refractivity contribution in [3.8, 4) is 0 Å². The maximum atomic E-state index is 8.74. The second-order valence-corrected chi connectivity index (χ2v) is 1.34. The van der Waals surface area contributed by atoms with Crippen molar-refractivity contribution in [2.45, 2.75) is 0 Å². The van der Waals surface area contributed by atoms with Crippen LogP contribution in [0.15, 0.2) is 0 Å². The van der Waals surface area contributed by atoms with Gasteiger partial charge in [0.05, 0.1) is 0 Å². The topological polar surface area (TPSA) is 295 Å². The Bertz CT molecular complexity index is 104. The van der Waals surface area contributed by atoms with Crippen molar-refractivity contribution in [3.05, 3.63) is 0 Å². The molecule has 0 aromatic heterocycles. The molecule has 0 aliphatic carbocycles. The number of hydrogen-bond acceptors (Lipinski definition) is 2. The molecule has 0 saturated carbocycles. The molecule has 0 fully saturated rings. The van der Waals surface area contributed by atoms with Crippen LogP contribution in [0.4, 0.5) is 0 Å². The van der Waals surface area contributed by atoms with Crippen molar-refractivity contribution in [3.63, 3.8) is 0 Å². The quantitative estimate of drug-likeness (QED) is 0.324. The average molecular weight is 315 g/mol. The first-order valence-electron chi connectivity index (χ1n) is 0.698. The van der Waals surface area contributed by atoms with Gasteiger partial charge in [-0.05, 0) is 0 Å². The molecule has 0 heterocycles. The Morgan fingerprint density at radius 3 is 0.667 bits per heavy atom. The predicted octanol–water partition coefficient (Wildman–Crippen LogP) is -8.64. The third-order valence-corrected chi connectivity index (χ3v) is 0. The van der Waals surface area contributed by atoms with Crippen molar-refractivity contribution >= 4 is 114 Å². The fourth-order valence-electron chi connectivity index (χ4n) is 0. The summed E-state index contributed by atoms with van der Waals surface area (Å²) in [5.74, 6) is 0. The summed E-state index contributed by atoms with van der Waals surface area (Å²) in [5, 5.41) is 0. The third-order valence-electron chi connectivity index (χ3n) is 0. The molecule has 0 rings (SSSR count). The molecule has 0 aromatic rings. The van der Waals surface area contributed by atoms with Gasteiger partial charge in [-0.2, -0.15) is 8.42 Å². The zero-order chi connectivity index (χ0) is 4.50. The molecule has 0 spiro atoms. The van der Waals surface area contributed by atoms with E-state index in [2.05, 4.69) is 0 Å². The molecule has 0 saturated heterocycles. The molecule has 0 aliphatic heterocycles. The van der Waals surface area contributed by atoms with Gasteiger partial charge in [0.2, 0.25) is 0 Å². The summed E-state index contributed by atoms with van der Waals surface area (Å²) < 4.78 is 31.6. The Kier molecular flexibility index (Phi) is 381. The average Bonchev–Trinajstić information content (AvgIpc) is 0.722. The van der Waals surface area contributed by atoms with E-state index in [1.807, 2.05) is 0 Å². The molecule has 0 amide bonds. The van der Waals surface area contributed by atoms with Crippen LogP contribution in [0.3, 0.4) is 0 Å². The molecule has 15 heavy (non-hydrogen) atoms. The summed E-state index contributed by atoms with van der Waals surface area (Å²) in [6.07, 6.45) is 0. The van der Waals surface area contributed by atoms with E-state index in [9.17, 15) is 0 Å². The summed E-state index contributed by atoms with van der Waals surface area (Å²) in [4.78, 5) is 0. The van der Waals surface area contributed by atoms with Crippen molar-refractivity contribution in [1.29, 1.82) is 0 Å². The molecule has 0 aromatic carbocycles. The molecule has 0 aliphatic rings. The van der Waals surface area contributed by atoms with Crippen LogP contribution in [0.2, 0.25) is 0 Å². The Hall–Kier alpha value is 2.99. The zero-order valence-corrected chi connectivity index (χ0v) is 6.44. The molecular weight excluding hydrogens is 294 g/mol. The van der Waals surface area contributed by atoms with Gasteiger partial charge in [0.1, 0.15) is 0 Å². The zero-order valence-electron chi connectivity index (χ0n) is 5.62. The van der Waals surface area contributed by atoms with Crippen LogP contribution in [-0.4, -0.2) is 160 Å². The maximum absolute atomic E-state index is 8.74. The summed E-state index contributed by atoms with van der Waals surface area (Å²) in [7, 11) is -4.67. The summed E-state index contributed by atoms with van der Waals surface area (Å²) >= 11 is 0. The second kappa shape index (κ2) is 53.7. The van der Waals surface area contributed by atoms with Crippen LogP contribution in [0.5, 0.6) is 0 Å². The normalized spacial score (nSPS) is 3.87. The van der Waals surface area contributed by atoms with E-state index in [1.165, 1.54) is 0 Å². The van der Waals surface area contributed by atoms with Gasteiger partial charge in [-0.15, -0.1) is 0 Å². The van der Waals surface area contributed by atoms with E-state index >= 15 is 0 Å². The van der Waals surface area contributed by atoms with Crippen molar-refractivity contribution in [2.75, 3.05) is 0 Å². The van der Waals surface area contributed by atoms with Gasteiger partial charge in [-0.1, -0.05) is 0 Å². The minimum atomic E-state index is -4.67. The van der Waals surface area contributed by atoms with Gasteiger partial charge in [0.15, 0.2) is 0 Å². The first kappa shape index (κ1) is 106. The molecule has 0 unspecified atom stereocenters. The fourth-order valence-corrected chi connectivity index (χ4v) is 0. The van der Waals surface area contributed by atoms with E-state index in [1.54, 1.807) is 0 Å². The van der Waals surface area contributed by atoms with E-state index in [-0.39, 0.29) is 142 Å². The molecular formula is H20KMgNaO11S. The van der Waals surface area contributed by atoms with Gasteiger partial charge in [0, 0.05) is 0 Å². The Balaban J connectivity index is -0.00000000178. The Morgan fingerprint density at radius 2 is 0.667 bits per heavy atom. The minimum absolute atomic E-state index is 0. The second-order valence-electron chi connectivity index (χ2n) is 0.448. The summed E-state index contributed by atoms with van der Waals surface area (Å²) in [6.45, 7) is 0. The van der Waals surface area contributed by atoms with E-state index in [4.69, 9.17) is 17.5 Å². The Labute approximate surface area is 167 Å². The molecule has 0 bridgehead atoms. The van der Waals surface area contributed by atoms with Crippen LogP contribution < -0.4 is 0 Å². The van der Waals surface area contributed by atoms with Crippen LogP contribution in [0.1, 0.15) is 0 Å². The third kappa shape index (κ3) is 426. The standard InChI is InChI=1S/K.Mg.Na.H2O4S.7H2O.4H/c;;;1-5(2,3)4;;;;;;;;;;;/h;;;(H2,1,2,3,4);7*1H2;;;;. The monoisotopic (exact) mass is 314 g/mol. The molecule has 0 atom stereocenters. The number of rotatable bonds is 0. The van der Waals surface area contributed by atoms with Gasteiger partial charge in [-0.25, -0.2) is 0 Å². The van der Waals surface area contributed by atoms with Crippen molar-refractivity contribution in [1.82, 2.24) is 0 Å². The van der Waals surface area contributed by atoms with Gasteiger partial charge in [-0.3, -0.25) is 9.11 Å². The van der Waals surface area contributed by atoms with Gasteiger partial charge in [0.25, 0.3) is 0 Å². The SMILES string of the molecule is O.O.O.O.O.O.O.O=S(=O)(O)O.[KH].[MgH2].[NaH]. The van der Waals surface area contributed by atoms with Crippen LogP contribution in [0.25, 0.3) is 0 Å². The van der Waals surface area contributed by atoms with E-state index in [0.29, 0.717) is 0 Å². The number of hydrogen-bond donors (Lipinski definition) is 2. The van der Waals surface area contributed by atoms with E-state index < -0.39 is 10.4 Å². The molecule has 0 radical (unpaired) electrons. The molecule has 16 N–H and O–H groups in total. The van der Waals surface area contributed by atoms with Crippen LogP contribution >= 0.6 is 0 Å². The molecule has 96 valence electrons. The van der Waals surface area contributed by atoms with Crippen molar-refractivity contribution < 1.29 is 55.9 Å². The molecule has 15 heteroatoms. The van der Waals surface area contributed by atoms with Crippen LogP contribution in [0, 0.1) is 0 Å².